The molecule has 152 valence electrons. The Morgan fingerprint density at radius 3 is 2.14 bits per heavy atom. The summed E-state index contributed by atoms with van der Waals surface area (Å²) in [7, 11) is 5.00. The molecule has 2 aromatic carbocycles. The SMILES string of the molecule is COc1ccc(OC(CCN2CCOCC2)c2cc(OC)ccc2OC)cc1. The third kappa shape index (κ3) is 5.30. The first-order valence-corrected chi connectivity index (χ1v) is 9.56. The van der Waals surface area contributed by atoms with Gasteiger partial charge in [-0.25, -0.2) is 0 Å². The van der Waals surface area contributed by atoms with E-state index in [1.165, 1.54) is 0 Å². The van der Waals surface area contributed by atoms with E-state index in [-0.39, 0.29) is 6.10 Å². The molecule has 28 heavy (non-hydrogen) atoms. The van der Waals surface area contributed by atoms with Gasteiger partial charge in [0.2, 0.25) is 0 Å². The third-order valence-electron chi connectivity index (χ3n) is 4.93. The van der Waals surface area contributed by atoms with Crippen LogP contribution >= 0.6 is 0 Å². The minimum Gasteiger partial charge on any atom is -0.497 e. The molecule has 0 aliphatic carbocycles. The van der Waals surface area contributed by atoms with E-state index >= 15 is 0 Å². The molecule has 0 aromatic heterocycles. The van der Waals surface area contributed by atoms with Crippen molar-refractivity contribution in [1.82, 2.24) is 4.90 Å². The summed E-state index contributed by atoms with van der Waals surface area (Å²) in [5.74, 6) is 3.17. The number of nitrogens with zero attached hydrogens (tertiary/aromatic N) is 1. The molecule has 1 unspecified atom stereocenters. The van der Waals surface area contributed by atoms with Gasteiger partial charge in [-0.15, -0.1) is 0 Å². The molecule has 0 radical (unpaired) electrons. The Bertz CT molecular complexity index is 728. The molecular weight excluding hydrogens is 358 g/mol. The normalized spacial score (nSPS) is 15.7. The number of morpholine rings is 1. The van der Waals surface area contributed by atoms with E-state index in [2.05, 4.69) is 4.90 Å². The summed E-state index contributed by atoms with van der Waals surface area (Å²) in [5, 5.41) is 0. The van der Waals surface area contributed by atoms with Gasteiger partial charge in [-0.3, -0.25) is 4.90 Å². The van der Waals surface area contributed by atoms with Crippen molar-refractivity contribution in [2.45, 2.75) is 12.5 Å². The number of methoxy groups -OCH3 is 3. The molecule has 1 fully saturated rings. The van der Waals surface area contributed by atoms with Crippen molar-refractivity contribution < 1.29 is 23.7 Å². The fraction of sp³-hybridized carbons (Fsp3) is 0.455. The van der Waals surface area contributed by atoms with E-state index in [1.807, 2.05) is 42.5 Å². The van der Waals surface area contributed by atoms with Crippen LogP contribution in [0, 0.1) is 0 Å². The number of hydrogen-bond donors (Lipinski definition) is 0. The molecule has 1 saturated heterocycles. The number of rotatable bonds is 9. The molecule has 1 heterocycles. The largest absolute Gasteiger partial charge is 0.497 e. The molecule has 1 aliphatic rings. The van der Waals surface area contributed by atoms with Crippen molar-refractivity contribution in [2.24, 2.45) is 0 Å². The highest BCUT2D eigenvalue weighted by molar-refractivity contribution is 5.42. The van der Waals surface area contributed by atoms with Gasteiger partial charge in [-0.05, 0) is 42.5 Å². The van der Waals surface area contributed by atoms with Crippen LogP contribution in [0.2, 0.25) is 0 Å². The van der Waals surface area contributed by atoms with Crippen LogP contribution in [0.25, 0.3) is 0 Å². The van der Waals surface area contributed by atoms with Gasteiger partial charge in [0.15, 0.2) is 0 Å². The zero-order chi connectivity index (χ0) is 19.8. The highest BCUT2D eigenvalue weighted by atomic mass is 16.5. The van der Waals surface area contributed by atoms with E-state index in [4.69, 9.17) is 23.7 Å². The Morgan fingerprint density at radius 2 is 1.50 bits per heavy atom. The van der Waals surface area contributed by atoms with Gasteiger partial charge in [0.1, 0.15) is 29.1 Å². The zero-order valence-electron chi connectivity index (χ0n) is 16.8. The first-order valence-electron chi connectivity index (χ1n) is 9.56. The topological polar surface area (TPSA) is 49.4 Å². The van der Waals surface area contributed by atoms with Gasteiger partial charge in [0.05, 0.1) is 34.5 Å². The molecule has 0 N–H and O–H groups in total. The molecule has 0 amide bonds. The third-order valence-corrected chi connectivity index (χ3v) is 4.93. The van der Waals surface area contributed by atoms with E-state index in [9.17, 15) is 0 Å². The van der Waals surface area contributed by atoms with Crippen LogP contribution in [0.3, 0.4) is 0 Å². The average Bonchev–Trinajstić information content (AvgIpc) is 2.77. The maximum absolute atomic E-state index is 6.38. The quantitative estimate of drug-likeness (QED) is 0.656. The second kappa shape index (κ2) is 10.2. The lowest BCUT2D eigenvalue weighted by atomic mass is 10.0. The maximum atomic E-state index is 6.38. The fourth-order valence-electron chi connectivity index (χ4n) is 3.31. The molecule has 6 nitrogen and oxygen atoms in total. The first-order chi connectivity index (χ1) is 13.7. The Labute approximate surface area is 166 Å². The van der Waals surface area contributed by atoms with Gasteiger partial charge in [-0.1, -0.05) is 0 Å². The predicted octanol–water partition coefficient (Wildman–Crippen LogP) is 3.55. The molecule has 3 rings (SSSR count). The lowest BCUT2D eigenvalue weighted by Gasteiger charge is -2.29. The minimum atomic E-state index is -0.165. The lowest BCUT2D eigenvalue weighted by molar-refractivity contribution is 0.0316. The molecule has 0 spiro atoms. The highest BCUT2D eigenvalue weighted by Crippen LogP contribution is 2.35. The van der Waals surface area contributed by atoms with Crippen LogP contribution in [0.4, 0.5) is 0 Å². The number of benzene rings is 2. The summed E-state index contributed by atoms with van der Waals surface area (Å²) in [6.45, 7) is 4.39. The summed E-state index contributed by atoms with van der Waals surface area (Å²) in [6.07, 6.45) is 0.663. The van der Waals surface area contributed by atoms with Crippen LogP contribution in [-0.4, -0.2) is 59.1 Å². The Hall–Kier alpha value is -2.44. The monoisotopic (exact) mass is 387 g/mol. The predicted molar refractivity (Wildman–Crippen MR) is 108 cm³/mol. The zero-order valence-corrected chi connectivity index (χ0v) is 16.8. The summed E-state index contributed by atoms with van der Waals surface area (Å²) in [4.78, 5) is 2.40. The second-order valence-electron chi connectivity index (χ2n) is 6.63. The molecule has 2 aromatic rings. The minimum absolute atomic E-state index is 0.165. The summed E-state index contributed by atoms with van der Waals surface area (Å²) >= 11 is 0. The van der Waals surface area contributed by atoms with E-state index < -0.39 is 0 Å². The molecule has 0 bridgehead atoms. The summed E-state index contributed by atoms with van der Waals surface area (Å²) in [5.41, 5.74) is 0.978. The van der Waals surface area contributed by atoms with E-state index in [1.54, 1.807) is 21.3 Å². The fourth-order valence-corrected chi connectivity index (χ4v) is 3.31. The van der Waals surface area contributed by atoms with Gasteiger partial charge in [0.25, 0.3) is 0 Å². The van der Waals surface area contributed by atoms with Crippen molar-refractivity contribution >= 4 is 0 Å². The molecule has 1 atom stereocenters. The number of ether oxygens (including phenoxy) is 5. The molecule has 0 saturated carbocycles. The van der Waals surface area contributed by atoms with Gasteiger partial charge < -0.3 is 23.7 Å². The Kier molecular flexibility index (Phi) is 7.39. The van der Waals surface area contributed by atoms with Crippen LogP contribution in [0.15, 0.2) is 42.5 Å². The lowest BCUT2D eigenvalue weighted by Crippen LogP contribution is -2.37. The number of hydrogen-bond acceptors (Lipinski definition) is 6. The Balaban J connectivity index is 1.82. The van der Waals surface area contributed by atoms with Crippen LogP contribution in [0.5, 0.6) is 23.0 Å². The van der Waals surface area contributed by atoms with E-state index in [0.717, 1.165) is 67.8 Å². The summed E-state index contributed by atoms with van der Waals surface area (Å²) in [6, 6.07) is 13.5. The molecule has 6 heteroatoms. The van der Waals surface area contributed by atoms with Gasteiger partial charge >= 0.3 is 0 Å². The van der Waals surface area contributed by atoms with Crippen molar-refractivity contribution in [3.63, 3.8) is 0 Å². The van der Waals surface area contributed by atoms with Gasteiger partial charge in [-0.2, -0.15) is 0 Å². The molecule has 1 aliphatic heterocycles. The van der Waals surface area contributed by atoms with Gasteiger partial charge in [0, 0.05) is 31.6 Å². The Morgan fingerprint density at radius 1 is 0.857 bits per heavy atom. The van der Waals surface area contributed by atoms with Crippen molar-refractivity contribution in [3.05, 3.63) is 48.0 Å². The summed E-state index contributed by atoms with van der Waals surface area (Å²) < 4.78 is 28.1. The smallest absolute Gasteiger partial charge is 0.129 e. The van der Waals surface area contributed by atoms with Crippen LogP contribution < -0.4 is 18.9 Å². The van der Waals surface area contributed by atoms with Crippen molar-refractivity contribution in [2.75, 3.05) is 54.2 Å². The van der Waals surface area contributed by atoms with Crippen molar-refractivity contribution in [1.29, 1.82) is 0 Å². The van der Waals surface area contributed by atoms with Crippen LogP contribution in [0.1, 0.15) is 18.1 Å². The highest BCUT2D eigenvalue weighted by Gasteiger charge is 2.21. The average molecular weight is 387 g/mol. The van der Waals surface area contributed by atoms with Crippen molar-refractivity contribution in [3.8, 4) is 23.0 Å². The first kappa shape index (κ1) is 20.3. The van der Waals surface area contributed by atoms with E-state index in [0.29, 0.717) is 0 Å². The second-order valence-corrected chi connectivity index (χ2v) is 6.63. The van der Waals surface area contributed by atoms with Crippen LogP contribution in [-0.2, 0) is 4.74 Å². The molecular formula is C22H29NO5. The standard InChI is InChI=1S/C22H29NO5/c1-24-17-4-6-18(7-5-17)28-22(10-11-23-12-14-27-15-13-23)20-16-19(25-2)8-9-21(20)26-3/h4-9,16,22H,10-15H2,1-3H3. The maximum Gasteiger partial charge on any atom is 0.129 e.